The summed E-state index contributed by atoms with van der Waals surface area (Å²) in [6.45, 7) is 0. The lowest BCUT2D eigenvalue weighted by Crippen LogP contribution is -2.12. The zero-order chi connectivity index (χ0) is 37.0. The summed E-state index contributed by atoms with van der Waals surface area (Å²) in [5, 5.41) is 4.94. The average Bonchev–Trinajstić information content (AvgIpc) is 3.85. The van der Waals surface area contributed by atoms with Crippen LogP contribution in [-0.4, -0.2) is 9.13 Å². The third kappa shape index (κ3) is 5.49. The third-order valence-corrected chi connectivity index (χ3v) is 11.7. The topological polar surface area (TPSA) is 9.86 Å². The van der Waals surface area contributed by atoms with Gasteiger partial charge in [0.05, 0.1) is 22.4 Å². The molecule has 2 heteroatoms. The molecule has 0 saturated carbocycles. The summed E-state index contributed by atoms with van der Waals surface area (Å²) in [6.07, 6.45) is 18.4. The summed E-state index contributed by atoms with van der Waals surface area (Å²) in [4.78, 5) is 0. The number of rotatable bonds is 6. The van der Waals surface area contributed by atoms with Crippen molar-refractivity contribution in [2.24, 2.45) is 11.8 Å². The van der Waals surface area contributed by atoms with Gasteiger partial charge in [-0.3, -0.25) is 0 Å². The lowest BCUT2D eigenvalue weighted by molar-refractivity contribution is 0.662. The summed E-state index contributed by atoms with van der Waals surface area (Å²) in [6, 6.07) is 62.0. The summed E-state index contributed by atoms with van der Waals surface area (Å²) < 4.78 is 4.81. The van der Waals surface area contributed by atoms with Crippen LogP contribution in [0.2, 0.25) is 0 Å². The zero-order valence-electron chi connectivity index (χ0n) is 30.8. The minimum Gasteiger partial charge on any atom is -0.315 e. The van der Waals surface area contributed by atoms with Crippen molar-refractivity contribution < 1.29 is 0 Å². The van der Waals surface area contributed by atoms with E-state index < -0.39 is 0 Å². The van der Waals surface area contributed by atoms with E-state index in [1.807, 2.05) is 0 Å². The van der Waals surface area contributed by atoms with E-state index in [0.29, 0.717) is 11.8 Å². The Morgan fingerprint density at radius 2 is 1.09 bits per heavy atom. The summed E-state index contributed by atoms with van der Waals surface area (Å²) in [5.41, 5.74) is 14.5. The molecule has 11 rings (SSSR count). The molecule has 2 aliphatic rings. The number of allylic oxidation sites excluding steroid dienone is 8. The Kier molecular flexibility index (Phi) is 7.67. The van der Waals surface area contributed by atoms with Crippen LogP contribution in [0.15, 0.2) is 219 Å². The van der Waals surface area contributed by atoms with Crippen LogP contribution < -0.4 is 0 Å². The molecule has 2 atom stereocenters. The van der Waals surface area contributed by atoms with E-state index in [0.717, 1.165) is 5.69 Å². The molecule has 0 spiro atoms. The van der Waals surface area contributed by atoms with Crippen molar-refractivity contribution in [1.82, 2.24) is 9.13 Å². The van der Waals surface area contributed by atoms with E-state index >= 15 is 0 Å². The van der Waals surface area contributed by atoms with Crippen LogP contribution in [0.25, 0.3) is 82.9 Å². The fourth-order valence-corrected chi connectivity index (χ4v) is 8.84. The van der Waals surface area contributed by atoms with Crippen molar-refractivity contribution in [1.29, 1.82) is 0 Å². The monoisotopic (exact) mass is 714 g/mol. The minimum atomic E-state index is 0.356. The number of benzene rings is 7. The first kappa shape index (κ1) is 32.3. The lowest BCUT2D eigenvalue weighted by atomic mass is 9.82. The highest BCUT2D eigenvalue weighted by Crippen LogP contribution is 2.40. The Balaban J connectivity index is 1.06. The van der Waals surface area contributed by atoms with Gasteiger partial charge in [0, 0.05) is 45.4 Å². The van der Waals surface area contributed by atoms with Crippen molar-refractivity contribution in [3.05, 3.63) is 224 Å². The average molecular weight is 715 g/mol. The van der Waals surface area contributed by atoms with Crippen LogP contribution in [0.4, 0.5) is 0 Å². The van der Waals surface area contributed by atoms with E-state index in [1.165, 1.54) is 82.9 Å². The van der Waals surface area contributed by atoms with Gasteiger partial charge in [-0.15, -0.1) is 0 Å². The molecule has 0 bridgehead atoms. The Labute approximate surface area is 326 Å². The van der Waals surface area contributed by atoms with E-state index in [1.54, 1.807) is 0 Å². The molecule has 0 aliphatic heterocycles. The largest absolute Gasteiger partial charge is 0.315 e. The highest BCUT2D eigenvalue weighted by atomic mass is 15.0. The van der Waals surface area contributed by atoms with Crippen LogP contribution in [0.1, 0.15) is 5.69 Å². The number of aromatic nitrogens is 2. The van der Waals surface area contributed by atoms with Gasteiger partial charge in [0.15, 0.2) is 0 Å². The SMILES string of the molecule is C1=CC2C=CC(c3cc4cc(-c5ccc6c(c5)c(-c5ccccc5)cn6-c5cccc6ccccc56)ccc4n3-c3ccc(-c4ccccc4)cc3)=CC2C=C1. The highest BCUT2D eigenvalue weighted by Gasteiger charge is 2.22. The second-order valence-corrected chi connectivity index (χ2v) is 15.0. The van der Waals surface area contributed by atoms with Crippen LogP contribution in [-0.2, 0) is 0 Å². The van der Waals surface area contributed by atoms with E-state index in [2.05, 4.69) is 228 Å². The smallest absolute Gasteiger partial charge is 0.0537 e. The Bertz CT molecular complexity index is 3050. The highest BCUT2D eigenvalue weighted by molar-refractivity contribution is 6.02. The molecule has 0 amide bonds. The molecule has 0 saturated heterocycles. The van der Waals surface area contributed by atoms with Gasteiger partial charge in [-0.05, 0) is 87.3 Å². The Morgan fingerprint density at radius 1 is 0.429 bits per heavy atom. The molecule has 9 aromatic rings. The molecule has 2 unspecified atom stereocenters. The summed E-state index contributed by atoms with van der Waals surface area (Å²) in [7, 11) is 0. The number of fused-ring (bicyclic) bond motifs is 4. The molecular formula is C54H38N2. The third-order valence-electron chi connectivity index (χ3n) is 11.7. The molecule has 0 fully saturated rings. The van der Waals surface area contributed by atoms with Crippen molar-refractivity contribution in [3.63, 3.8) is 0 Å². The van der Waals surface area contributed by atoms with Crippen molar-refractivity contribution >= 4 is 38.2 Å². The minimum absolute atomic E-state index is 0.356. The molecule has 2 heterocycles. The quantitative estimate of drug-likeness (QED) is 0.162. The second kappa shape index (κ2) is 13.3. The predicted molar refractivity (Wildman–Crippen MR) is 236 cm³/mol. The summed E-state index contributed by atoms with van der Waals surface area (Å²) in [5.74, 6) is 0.763. The second-order valence-electron chi connectivity index (χ2n) is 15.0. The maximum atomic E-state index is 2.44. The molecule has 264 valence electrons. The van der Waals surface area contributed by atoms with Gasteiger partial charge in [0.2, 0.25) is 0 Å². The molecule has 0 radical (unpaired) electrons. The van der Waals surface area contributed by atoms with Gasteiger partial charge in [-0.25, -0.2) is 0 Å². The molecule has 2 aromatic heterocycles. The first-order valence-electron chi connectivity index (χ1n) is 19.5. The zero-order valence-corrected chi connectivity index (χ0v) is 30.8. The Morgan fingerprint density at radius 3 is 1.91 bits per heavy atom. The first-order valence-corrected chi connectivity index (χ1v) is 19.5. The lowest BCUT2D eigenvalue weighted by Gasteiger charge is -2.24. The van der Waals surface area contributed by atoms with Gasteiger partial charge in [0.25, 0.3) is 0 Å². The number of nitrogens with zero attached hydrogens (tertiary/aromatic N) is 2. The first-order chi connectivity index (χ1) is 27.7. The van der Waals surface area contributed by atoms with Crippen LogP contribution in [0, 0.1) is 11.8 Å². The fourth-order valence-electron chi connectivity index (χ4n) is 8.84. The molecule has 56 heavy (non-hydrogen) atoms. The van der Waals surface area contributed by atoms with Crippen molar-refractivity contribution in [2.45, 2.75) is 0 Å². The maximum absolute atomic E-state index is 2.44. The number of hydrogen-bond donors (Lipinski definition) is 0. The van der Waals surface area contributed by atoms with Gasteiger partial charge in [0.1, 0.15) is 0 Å². The van der Waals surface area contributed by atoms with Gasteiger partial charge in [-0.1, -0.05) is 164 Å². The fraction of sp³-hybridized carbons (Fsp3) is 0.0370. The van der Waals surface area contributed by atoms with Crippen molar-refractivity contribution in [3.8, 4) is 44.8 Å². The predicted octanol–water partition coefficient (Wildman–Crippen LogP) is 14.0. The molecule has 7 aromatic carbocycles. The van der Waals surface area contributed by atoms with E-state index in [9.17, 15) is 0 Å². The standard InChI is InChI=1S/C54H38N2/c1-3-12-37(13-4-1)39-24-28-47(29-25-39)56-51-30-26-43(33-46(51)35-54(56)45-23-22-38-14-7-8-18-42(38)32-45)44-27-31-53-49(34-44)50(41-15-5-2-6-16-41)36-55(53)52-21-11-19-40-17-9-10-20-48(40)52/h1-36,38,42H. The van der Waals surface area contributed by atoms with E-state index in [-0.39, 0.29) is 0 Å². The molecular weight excluding hydrogens is 677 g/mol. The van der Waals surface area contributed by atoms with Crippen molar-refractivity contribution in [2.75, 3.05) is 0 Å². The Hall–Kier alpha value is -7.16. The van der Waals surface area contributed by atoms with Gasteiger partial charge in [-0.2, -0.15) is 0 Å². The normalized spacial score (nSPS) is 16.1. The van der Waals surface area contributed by atoms with Gasteiger partial charge >= 0.3 is 0 Å². The van der Waals surface area contributed by atoms with Crippen LogP contribution in [0.3, 0.4) is 0 Å². The van der Waals surface area contributed by atoms with Gasteiger partial charge < -0.3 is 9.13 Å². The van der Waals surface area contributed by atoms with Crippen LogP contribution >= 0.6 is 0 Å². The maximum Gasteiger partial charge on any atom is 0.0537 e. The summed E-state index contributed by atoms with van der Waals surface area (Å²) >= 11 is 0. The molecule has 0 N–H and O–H groups in total. The van der Waals surface area contributed by atoms with E-state index in [4.69, 9.17) is 0 Å². The molecule has 2 nitrogen and oxygen atoms in total. The molecule has 2 aliphatic carbocycles. The number of hydrogen-bond acceptors (Lipinski definition) is 0. The van der Waals surface area contributed by atoms with Crippen LogP contribution in [0.5, 0.6) is 0 Å².